The third-order valence-electron chi connectivity index (χ3n) is 5.74. The van der Waals surface area contributed by atoms with Crippen molar-refractivity contribution in [3.8, 4) is 0 Å². The van der Waals surface area contributed by atoms with Crippen LogP contribution in [0.1, 0.15) is 39.2 Å². The van der Waals surface area contributed by atoms with Crippen molar-refractivity contribution in [2.24, 2.45) is 11.1 Å². The van der Waals surface area contributed by atoms with Crippen LogP contribution in [0.25, 0.3) is 0 Å². The second kappa shape index (κ2) is 10.2. The van der Waals surface area contributed by atoms with E-state index in [-0.39, 0.29) is 24.2 Å². The number of ketones is 1. The molecule has 2 aromatic heterocycles. The van der Waals surface area contributed by atoms with Gasteiger partial charge in [-0.15, -0.1) is 11.3 Å². The number of aliphatic hydroxyl groups excluding tert-OH is 1. The number of carbonyl (C=O) groups is 1. The quantitative estimate of drug-likeness (QED) is 0.277. The third-order valence-corrected chi connectivity index (χ3v) is 7.65. The Morgan fingerprint density at radius 1 is 1.37 bits per heavy atom. The Bertz CT molecular complexity index is 1320. The molecule has 0 unspecified atom stereocenters. The predicted molar refractivity (Wildman–Crippen MR) is 129 cm³/mol. The fraction of sp³-hybridized carbons (Fsp3) is 0.318. The van der Waals surface area contributed by atoms with Crippen molar-refractivity contribution >= 4 is 44.8 Å². The van der Waals surface area contributed by atoms with E-state index in [1.54, 1.807) is 6.07 Å². The number of halogens is 2. The fourth-order valence-electron chi connectivity index (χ4n) is 3.95. The summed E-state index contributed by atoms with van der Waals surface area (Å²) in [5.41, 5.74) is 1.82. The molecule has 0 spiro atoms. The molecule has 1 aromatic carbocycles. The van der Waals surface area contributed by atoms with Crippen LogP contribution in [-0.4, -0.2) is 47.8 Å². The van der Waals surface area contributed by atoms with Crippen LogP contribution >= 0.6 is 22.9 Å². The third kappa shape index (κ3) is 6.02. The van der Waals surface area contributed by atoms with E-state index >= 15 is 4.39 Å². The van der Waals surface area contributed by atoms with E-state index in [1.807, 2.05) is 30.3 Å². The summed E-state index contributed by atoms with van der Waals surface area (Å²) >= 11 is 7.49. The first-order valence-electron chi connectivity index (χ1n) is 10.5. The van der Waals surface area contributed by atoms with Crippen LogP contribution in [0.15, 0.2) is 48.9 Å². The molecule has 186 valence electrons. The molecule has 1 fully saturated rings. The average Bonchev–Trinajstić information content (AvgIpc) is 3.31. The minimum atomic E-state index is -4.23. The first-order valence-corrected chi connectivity index (χ1v) is 13.2. The molecule has 4 rings (SSSR count). The molecule has 2 heterocycles. The van der Waals surface area contributed by atoms with Crippen molar-refractivity contribution in [2.45, 2.75) is 31.2 Å². The molecule has 1 aliphatic carbocycles. The van der Waals surface area contributed by atoms with E-state index in [0.29, 0.717) is 15.6 Å². The molecule has 35 heavy (non-hydrogen) atoms. The standard InChI is InChI=1S/C22H22ClFN4O5S2/c23-20-15(8-13-4-2-1-3-5-13)9-17(34-20)18(29)16-10-26-12-27-21(16)28-22(24)7-6-14(19(22)30)11-33-35(25,31)32/h1-5,9-10,12,14,19,30H,6-8,11H2,(H2,25,31,32)(H,26,27,28)/t14-,19-,22-/m1/s1. The molecule has 1 saturated carbocycles. The number of rotatable bonds is 9. The molecule has 4 N–H and O–H groups in total. The van der Waals surface area contributed by atoms with Crippen molar-refractivity contribution in [3.63, 3.8) is 0 Å². The highest BCUT2D eigenvalue weighted by Gasteiger charge is 2.49. The number of hydrogen-bond donors (Lipinski definition) is 3. The van der Waals surface area contributed by atoms with Gasteiger partial charge in [0.1, 0.15) is 18.2 Å². The Hall–Kier alpha value is -2.48. The Balaban J connectivity index is 1.53. The number of nitrogens with one attached hydrogen (secondary N) is 1. The van der Waals surface area contributed by atoms with Crippen LogP contribution in [0.4, 0.5) is 10.2 Å². The molecule has 9 nitrogen and oxygen atoms in total. The zero-order valence-corrected chi connectivity index (χ0v) is 20.6. The molecule has 3 atom stereocenters. The lowest BCUT2D eigenvalue weighted by atomic mass is 10.0. The number of nitrogens with zero attached hydrogens (tertiary/aromatic N) is 2. The summed E-state index contributed by atoms with van der Waals surface area (Å²) in [6, 6.07) is 11.3. The van der Waals surface area contributed by atoms with Crippen molar-refractivity contribution < 1.29 is 26.9 Å². The summed E-state index contributed by atoms with van der Waals surface area (Å²) in [5, 5.41) is 17.8. The van der Waals surface area contributed by atoms with Gasteiger partial charge in [-0.25, -0.2) is 19.5 Å². The van der Waals surface area contributed by atoms with Gasteiger partial charge < -0.3 is 10.4 Å². The summed E-state index contributed by atoms with van der Waals surface area (Å²) in [6.07, 6.45) is 1.27. The number of thiophene rings is 1. The lowest BCUT2D eigenvalue weighted by Crippen LogP contribution is -2.44. The summed E-state index contributed by atoms with van der Waals surface area (Å²) < 4.78 is 42.7. The number of alkyl halides is 1. The topological polar surface area (TPSA) is 144 Å². The van der Waals surface area contributed by atoms with Crippen molar-refractivity contribution in [1.82, 2.24) is 9.97 Å². The molecule has 13 heteroatoms. The van der Waals surface area contributed by atoms with Crippen LogP contribution in [0.3, 0.4) is 0 Å². The molecule has 0 radical (unpaired) electrons. The molecule has 0 amide bonds. The van der Waals surface area contributed by atoms with Gasteiger partial charge >= 0.3 is 10.3 Å². The smallest absolute Gasteiger partial charge is 0.333 e. The average molecular weight is 541 g/mol. The highest BCUT2D eigenvalue weighted by atomic mass is 35.5. The Morgan fingerprint density at radius 3 is 2.83 bits per heavy atom. The largest absolute Gasteiger partial charge is 0.387 e. The number of aliphatic hydroxyl groups is 1. The SMILES string of the molecule is NS(=O)(=O)OC[C@H]1CC[C@@](F)(Nc2ncncc2C(=O)c2cc(Cc3ccccc3)c(Cl)s2)[C@@H]1O. The zero-order valence-electron chi connectivity index (χ0n) is 18.2. The first-order chi connectivity index (χ1) is 16.6. The van der Waals surface area contributed by atoms with Crippen LogP contribution in [0, 0.1) is 5.92 Å². The van der Waals surface area contributed by atoms with Crippen LogP contribution in [-0.2, 0) is 20.9 Å². The van der Waals surface area contributed by atoms with Gasteiger partial charge in [-0.3, -0.25) is 8.98 Å². The second-order valence-corrected chi connectivity index (χ2v) is 11.1. The van der Waals surface area contributed by atoms with Crippen molar-refractivity contribution in [2.75, 3.05) is 11.9 Å². The number of nitrogens with two attached hydrogens (primary N) is 1. The van der Waals surface area contributed by atoms with E-state index in [1.165, 1.54) is 6.20 Å². The van der Waals surface area contributed by atoms with Gasteiger partial charge in [-0.05, 0) is 30.0 Å². The Kier molecular flexibility index (Phi) is 7.50. The molecule has 0 aliphatic heterocycles. The Morgan fingerprint density at radius 2 is 2.11 bits per heavy atom. The lowest BCUT2D eigenvalue weighted by Gasteiger charge is -2.28. The van der Waals surface area contributed by atoms with E-state index in [4.69, 9.17) is 16.7 Å². The fourth-order valence-corrected chi connectivity index (χ4v) is 5.54. The van der Waals surface area contributed by atoms with Crippen molar-refractivity contribution in [3.05, 3.63) is 74.8 Å². The highest BCUT2D eigenvalue weighted by Crippen LogP contribution is 2.40. The first kappa shape index (κ1) is 25.6. The molecule has 1 aliphatic rings. The number of carbonyl (C=O) groups excluding carboxylic acids is 1. The normalized spacial score (nSPS) is 22.3. The maximum absolute atomic E-state index is 15.6. The molecule has 0 bridgehead atoms. The second-order valence-electron chi connectivity index (χ2n) is 8.19. The molecule has 3 aromatic rings. The molecular formula is C22H22ClFN4O5S2. The summed E-state index contributed by atoms with van der Waals surface area (Å²) in [6.45, 7) is -0.471. The molecule has 0 saturated heterocycles. The van der Waals surface area contributed by atoms with E-state index in [2.05, 4.69) is 19.5 Å². The van der Waals surface area contributed by atoms with Gasteiger partial charge in [-0.2, -0.15) is 8.42 Å². The molecular weight excluding hydrogens is 519 g/mol. The maximum atomic E-state index is 15.6. The van der Waals surface area contributed by atoms with E-state index in [9.17, 15) is 18.3 Å². The van der Waals surface area contributed by atoms with E-state index in [0.717, 1.165) is 28.8 Å². The number of hydrogen-bond acceptors (Lipinski definition) is 9. The maximum Gasteiger partial charge on any atom is 0.333 e. The number of benzene rings is 1. The minimum Gasteiger partial charge on any atom is -0.387 e. The number of anilines is 1. The van der Waals surface area contributed by atoms with Crippen LogP contribution in [0.5, 0.6) is 0 Å². The van der Waals surface area contributed by atoms with Gasteiger partial charge in [0, 0.05) is 18.5 Å². The van der Waals surface area contributed by atoms with Gasteiger partial charge in [-0.1, -0.05) is 41.9 Å². The van der Waals surface area contributed by atoms with Crippen molar-refractivity contribution in [1.29, 1.82) is 0 Å². The van der Waals surface area contributed by atoms with Gasteiger partial charge in [0.25, 0.3) is 0 Å². The number of aromatic nitrogens is 2. The highest BCUT2D eigenvalue weighted by molar-refractivity contribution is 7.84. The van der Waals surface area contributed by atoms with Gasteiger partial charge in [0.2, 0.25) is 11.6 Å². The summed E-state index contributed by atoms with van der Waals surface area (Å²) in [5.74, 6) is -3.76. The van der Waals surface area contributed by atoms with Crippen LogP contribution in [0.2, 0.25) is 4.34 Å². The zero-order chi connectivity index (χ0) is 25.2. The van der Waals surface area contributed by atoms with Gasteiger partial charge in [0.15, 0.2) is 0 Å². The summed E-state index contributed by atoms with van der Waals surface area (Å²) in [4.78, 5) is 21.5. The predicted octanol–water partition coefficient (Wildman–Crippen LogP) is 3.08. The Labute approximate surface area is 210 Å². The monoisotopic (exact) mass is 540 g/mol. The van der Waals surface area contributed by atoms with E-state index < -0.39 is 40.5 Å². The summed E-state index contributed by atoms with van der Waals surface area (Å²) in [7, 11) is -4.23. The van der Waals surface area contributed by atoms with Gasteiger partial charge in [0.05, 0.1) is 21.4 Å². The lowest BCUT2D eigenvalue weighted by molar-refractivity contribution is 0.00215. The minimum absolute atomic E-state index is 0.00476. The van der Waals surface area contributed by atoms with Crippen LogP contribution < -0.4 is 10.5 Å².